The first-order valence-electron chi connectivity index (χ1n) is 7.44. The van der Waals surface area contributed by atoms with Crippen molar-refractivity contribution < 1.29 is 28.2 Å². The van der Waals surface area contributed by atoms with Crippen LogP contribution in [0.4, 0.5) is 0 Å². The fraction of sp³-hybridized carbons (Fsp3) is 0.188. The second-order valence-corrected chi connectivity index (χ2v) is 8.64. The highest BCUT2D eigenvalue weighted by molar-refractivity contribution is 7.89. The van der Waals surface area contributed by atoms with Gasteiger partial charge in [-0.05, 0) is 37.6 Å². The van der Waals surface area contributed by atoms with E-state index in [2.05, 4.69) is 9.71 Å². The zero-order valence-electron chi connectivity index (χ0n) is 13.5. The van der Waals surface area contributed by atoms with E-state index < -0.39 is 28.0 Å². The van der Waals surface area contributed by atoms with Crippen LogP contribution in [-0.2, 0) is 19.6 Å². The molecule has 1 aliphatic rings. The summed E-state index contributed by atoms with van der Waals surface area (Å²) in [7, 11) is -3.97. The van der Waals surface area contributed by atoms with Gasteiger partial charge in [-0.15, -0.1) is 11.3 Å². The average Bonchev–Trinajstić information content (AvgIpc) is 2.93. The molecule has 3 rings (SSSR count). The first-order chi connectivity index (χ1) is 12.2. The lowest BCUT2D eigenvalue weighted by molar-refractivity contribution is -0.132. The van der Waals surface area contributed by atoms with Gasteiger partial charge in [0.15, 0.2) is 0 Å². The third kappa shape index (κ3) is 3.66. The van der Waals surface area contributed by atoms with Gasteiger partial charge >= 0.3 is 11.9 Å². The van der Waals surface area contributed by atoms with Gasteiger partial charge in [0.2, 0.25) is 10.0 Å². The Morgan fingerprint density at radius 3 is 2.65 bits per heavy atom. The molecular formula is C16H14N2O6S2. The van der Waals surface area contributed by atoms with Crippen molar-refractivity contribution in [1.82, 2.24) is 9.71 Å². The van der Waals surface area contributed by atoms with E-state index in [0.717, 1.165) is 11.1 Å². The number of nitrogens with one attached hydrogen (secondary N) is 1. The van der Waals surface area contributed by atoms with Gasteiger partial charge in [0, 0.05) is 11.6 Å². The molecule has 0 fully saturated rings. The molecule has 26 heavy (non-hydrogen) atoms. The van der Waals surface area contributed by atoms with Crippen LogP contribution in [0.15, 0.2) is 46.4 Å². The second-order valence-electron chi connectivity index (χ2n) is 5.70. The number of rotatable bonds is 5. The number of aryl methyl sites for hydroxylation is 1. The highest BCUT2D eigenvalue weighted by Crippen LogP contribution is 2.26. The lowest BCUT2D eigenvalue weighted by atomic mass is 9.96. The summed E-state index contributed by atoms with van der Waals surface area (Å²) < 4.78 is 28.3. The Morgan fingerprint density at radius 1 is 1.27 bits per heavy atom. The number of thiazole rings is 1. The molecule has 1 aliphatic carbocycles. The van der Waals surface area contributed by atoms with Crippen molar-refractivity contribution >= 4 is 43.5 Å². The first kappa shape index (κ1) is 18.2. The molecule has 1 unspecified atom stereocenters. The van der Waals surface area contributed by atoms with E-state index in [1.807, 2.05) is 6.92 Å². The minimum Gasteiger partial charge on any atom is -0.478 e. The smallest absolute Gasteiger partial charge is 0.335 e. The van der Waals surface area contributed by atoms with E-state index in [9.17, 15) is 18.0 Å². The Balaban J connectivity index is 1.91. The van der Waals surface area contributed by atoms with Gasteiger partial charge in [-0.1, -0.05) is 6.08 Å². The molecule has 0 spiro atoms. The monoisotopic (exact) mass is 394 g/mol. The third-order valence-corrected chi connectivity index (χ3v) is 6.18. The van der Waals surface area contributed by atoms with E-state index in [1.165, 1.54) is 29.5 Å². The predicted molar refractivity (Wildman–Crippen MR) is 94.5 cm³/mol. The number of carboxylic acid groups (broad SMARTS) is 2. The number of nitrogens with zero attached hydrogens (tertiary/aromatic N) is 1. The Morgan fingerprint density at radius 2 is 2.00 bits per heavy atom. The molecule has 0 amide bonds. The van der Waals surface area contributed by atoms with Crippen LogP contribution < -0.4 is 4.72 Å². The van der Waals surface area contributed by atoms with Crippen LogP contribution in [-0.4, -0.2) is 41.6 Å². The summed E-state index contributed by atoms with van der Waals surface area (Å²) in [4.78, 5) is 26.6. The Hall–Kier alpha value is -2.56. The van der Waals surface area contributed by atoms with Gasteiger partial charge in [-0.25, -0.2) is 27.7 Å². The number of aliphatic carboxylic acids is 2. The maximum atomic E-state index is 12.6. The first-order valence-corrected chi connectivity index (χ1v) is 9.74. The van der Waals surface area contributed by atoms with Crippen molar-refractivity contribution in [2.24, 2.45) is 0 Å². The maximum absolute atomic E-state index is 12.6. The highest BCUT2D eigenvalue weighted by atomic mass is 32.2. The molecule has 136 valence electrons. The highest BCUT2D eigenvalue weighted by Gasteiger charge is 2.27. The molecular weight excluding hydrogens is 380 g/mol. The number of aromatic nitrogens is 1. The van der Waals surface area contributed by atoms with Gasteiger partial charge in [0.1, 0.15) is 0 Å². The number of benzene rings is 1. The molecule has 0 radical (unpaired) electrons. The molecule has 0 saturated carbocycles. The summed E-state index contributed by atoms with van der Waals surface area (Å²) in [5.41, 5.74) is 0.245. The van der Waals surface area contributed by atoms with Crippen LogP contribution in [0.25, 0.3) is 10.2 Å². The Kier molecular flexibility index (Phi) is 4.65. The molecule has 1 aromatic carbocycles. The van der Waals surface area contributed by atoms with Crippen molar-refractivity contribution in [3.63, 3.8) is 0 Å². The Bertz CT molecular complexity index is 1080. The van der Waals surface area contributed by atoms with Crippen LogP contribution in [0, 0.1) is 6.92 Å². The van der Waals surface area contributed by atoms with Crippen LogP contribution >= 0.6 is 11.3 Å². The van der Waals surface area contributed by atoms with Crippen LogP contribution in [0.5, 0.6) is 0 Å². The number of fused-ring (bicyclic) bond motifs is 1. The zero-order valence-corrected chi connectivity index (χ0v) is 15.1. The number of hydrogen-bond donors (Lipinski definition) is 3. The van der Waals surface area contributed by atoms with Crippen molar-refractivity contribution in [1.29, 1.82) is 0 Å². The van der Waals surface area contributed by atoms with Gasteiger partial charge < -0.3 is 10.2 Å². The summed E-state index contributed by atoms with van der Waals surface area (Å²) in [5, 5.41) is 19.0. The normalized spacial score (nSPS) is 17.7. The molecule has 1 aromatic heterocycles. The van der Waals surface area contributed by atoms with Crippen molar-refractivity contribution in [3.05, 3.63) is 46.5 Å². The summed E-state index contributed by atoms with van der Waals surface area (Å²) in [6.07, 6.45) is 2.08. The summed E-state index contributed by atoms with van der Waals surface area (Å²) in [6, 6.07) is 3.51. The average molecular weight is 394 g/mol. The number of carboxylic acids is 2. The summed E-state index contributed by atoms with van der Waals surface area (Å²) in [6.45, 7) is 1.82. The van der Waals surface area contributed by atoms with Gasteiger partial charge in [0.25, 0.3) is 0 Å². The van der Waals surface area contributed by atoms with E-state index in [1.54, 1.807) is 6.07 Å². The predicted octanol–water partition coefficient (Wildman–Crippen LogP) is 1.68. The van der Waals surface area contributed by atoms with Crippen LogP contribution in [0.3, 0.4) is 0 Å². The fourth-order valence-electron chi connectivity index (χ4n) is 2.62. The minimum absolute atomic E-state index is 0.00496. The molecule has 2 aromatic rings. The lowest BCUT2D eigenvalue weighted by Gasteiger charge is -2.20. The van der Waals surface area contributed by atoms with E-state index in [-0.39, 0.29) is 22.5 Å². The molecule has 0 aliphatic heterocycles. The maximum Gasteiger partial charge on any atom is 0.335 e. The van der Waals surface area contributed by atoms with Crippen LogP contribution in [0.2, 0.25) is 0 Å². The van der Waals surface area contributed by atoms with E-state index >= 15 is 0 Å². The molecule has 0 saturated heterocycles. The standard InChI is InChI=1S/C16H14N2O6S2/c1-8-17-13-3-2-12(7-14(13)25-8)26(23,24)18-11-5-9(15(19)20)4-10(6-11)16(21)22/h2-5,7,11,18H,6H2,1H3,(H,19,20)(H,21,22). The van der Waals surface area contributed by atoms with Gasteiger partial charge in [0.05, 0.1) is 25.7 Å². The molecule has 0 bridgehead atoms. The quantitative estimate of drug-likeness (QED) is 0.702. The number of hydrogen-bond acceptors (Lipinski definition) is 6. The minimum atomic E-state index is -3.97. The SMILES string of the molecule is Cc1nc2ccc(S(=O)(=O)NC3C=C(C(=O)O)C=C(C(=O)O)C3)cc2s1. The second kappa shape index (κ2) is 6.63. The van der Waals surface area contributed by atoms with Gasteiger partial charge in [-0.2, -0.15) is 0 Å². The number of sulfonamides is 1. The van der Waals surface area contributed by atoms with Crippen molar-refractivity contribution in [2.45, 2.75) is 24.3 Å². The number of carbonyl (C=O) groups is 2. The molecule has 10 heteroatoms. The molecule has 1 heterocycles. The topological polar surface area (TPSA) is 134 Å². The van der Waals surface area contributed by atoms with Gasteiger partial charge in [-0.3, -0.25) is 0 Å². The zero-order chi connectivity index (χ0) is 19.1. The third-order valence-electron chi connectivity index (χ3n) is 3.76. The molecule has 1 atom stereocenters. The van der Waals surface area contributed by atoms with Crippen molar-refractivity contribution in [3.8, 4) is 0 Å². The van der Waals surface area contributed by atoms with Crippen molar-refractivity contribution in [2.75, 3.05) is 0 Å². The largest absolute Gasteiger partial charge is 0.478 e. The molecule has 8 nitrogen and oxygen atoms in total. The van der Waals surface area contributed by atoms with E-state index in [0.29, 0.717) is 10.2 Å². The summed E-state index contributed by atoms with van der Waals surface area (Å²) >= 11 is 1.36. The fourth-order valence-corrected chi connectivity index (χ4v) is 4.77. The Labute approximate surface area is 152 Å². The summed E-state index contributed by atoms with van der Waals surface area (Å²) in [5.74, 6) is -2.61. The van der Waals surface area contributed by atoms with E-state index in [4.69, 9.17) is 10.2 Å². The lowest BCUT2D eigenvalue weighted by Crippen LogP contribution is -2.36. The van der Waals surface area contributed by atoms with Crippen LogP contribution in [0.1, 0.15) is 11.4 Å². The molecule has 3 N–H and O–H groups in total.